The summed E-state index contributed by atoms with van der Waals surface area (Å²) in [6.45, 7) is 13.0. The van der Waals surface area contributed by atoms with Crippen LogP contribution in [0.15, 0.2) is 24.3 Å². The van der Waals surface area contributed by atoms with Crippen molar-refractivity contribution in [2.24, 2.45) is 0 Å². The molecule has 0 aliphatic carbocycles. The summed E-state index contributed by atoms with van der Waals surface area (Å²) in [6, 6.07) is 9.18. The second-order valence-electron chi connectivity index (χ2n) is 7.91. The van der Waals surface area contributed by atoms with E-state index in [-0.39, 0.29) is 0 Å². The van der Waals surface area contributed by atoms with Gasteiger partial charge in [-0.25, -0.2) is 0 Å². The average molecular weight is 361 g/mol. The van der Waals surface area contributed by atoms with Crippen molar-refractivity contribution >= 4 is 0 Å². The van der Waals surface area contributed by atoms with Gasteiger partial charge in [-0.05, 0) is 37.1 Å². The highest BCUT2D eigenvalue weighted by molar-refractivity contribution is 5.23. The van der Waals surface area contributed by atoms with Crippen LogP contribution in [-0.4, -0.2) is 61.4 Å². The smallest absolute Gasteiger partial charge is 0.0936 e. The van der Waals surface area contributed by atoms with E-state index in [0.717, 1.165) is 39.4 Å². The zero-order chi connectivity index (χ0) is 18.2. The number of benzene rings is 1. The summed E-state index contributed by atoms with van der Waals surface area (Å²) in [5.74, 6) is 0. The van der Waals surface area contributed by atoms with Crippen molar-refractivity contribution in [1.82, 2.24) is 9.80 Å². The van der Waals surface area contributed by atoms with E-state index in [1.165, 1.54) is 49.9 Å². The number of hydrogen-bond donors (Lipinski definition) is 0. The van der Waals surface area contributed by atoms with Crippen molar-refractivity contribution < 1.29 is 9.47 Å². The van der Waals surface area contributed by atoms with E-state index in [2.05, 4.69) is 47.9 Å². The molecule has 2 unspecified atom stereocenters. The fraction of sp³-hybridized carbons (Fsp3) is 0.727. The molecule has 0 radical (unpaired) electrons. The van der Waals surface area contributed by atoms with Crippen LogP contribution in [0.5, 0.6) is 0 Å². The Balaban J connectivity index is 1.56. The lowest BCUT2D eigenvalue weighted by atomic mass is 10.1. The van der Waals surface area contributed by atoms with Crippen LogP contribution in [-0.2, 0) is 22.6 Å². The molecule has 0 amide bonds. The van der Waals surface area contributed by atoms with Crippen molar-refractivity contribution in [3.63, 3.8) is 0 Å². The molecule has 0 bridgehead atoms. The summed E-state index contributed by atoms with van der Waals surface area (Å²) in [5, 5.41) is 0. The lowest BCUT2D eigenvalue weighted by Gasteiger charge is -2.23. The van der Waals surface area contributed by atoms with Gasteiger partial charge < -0.3 is 9.47 Å². The molecule has 1 aromatic carbocycles. The first-order chi connectivity index (χ1) is 12.8. The standard InChI is InChI=1S/C22H36N2O2/c1-3-5-10-23(15-21-17-25-21)13-19-8-7-9-20(12-19)14-24(11-6-4-2)16-22-18-26-22/h7-9,12,21-22H,3-6,10-11,13-18H2,1-2H3. The van der Waals surface area contributed by atoms with Gasteiger partial charge in [-0.3, -0.25) is 9.80 Å². The normalized spacial score (nSPS) is 21.5. The first-order valence-electron chi connectivity index (χ1n) is 10.5. The van der Waals surface area contributed by atoms with Crippen LogP contribution in [0.25, 0.3) is 0 Å². The first kappa shape index (κ1) is 19.8. The maximum absolute atomic E-state index is 5.45. The van der Waals surface area contributed by atoms with Gasteiger partial charge in [0, 0.05) is 26.2 Å². The molecule has 4 heteroatoms. The third-order valence-electron chi connectivity index (χ3n) is 5.19. The molecule has 0 spiro atoms. The largest absolute Gasteiger partial charge is 0.372 e. The molecule has 0 aromatic heterocycles. The molecular formula is C22H36N2O2. The quantitative estimate of drug-likeness (QED) is 0.474. The molecule has 2 aliphatic heterocycles. The molecule has 2 saturated heterocycles. The summed E-state index contributed by atoms with van der Waals surface area (Å²) in [7, 11) is 0. The van der Waals surface area contributed by atoms with Crippen molar-refractivity contribution in [2.75, 3.05) is 39.4 Å². The zero-order valence-corrected chi connectivity index (χ0v) is 16.7. The summed E-state index contributed by atoms with van der Waals surface area (Å²) >= 11 is 0. The Bertz CT molecular complexity index is 485. The molecule has 4 nitrogen and oxygen atoms in total. The highest BCUT2D eigenvalue weighted by Crippen LogP contribution is 2.18. The molecule has 1 aromatic rings. The van der Waals surface area contributed by atoms with E-state index in [4.69, 9.17) is 9.47 Å². The molecular weight excluding hydrogens is 324 g/mol. The van der Waals surface area contributed by atoms with Crippen LogP contribution < -0.4 is 0 Å². The minimum absolute atomic E-state index is 0.470. The minimum atomic E-state index is 0.470. The van der Waals surface area contributed by atoms with Gasteiger partial charge in [-0.1, -0.05) is 51.0 Å². The molecule has 0 N–H and O–H groups in total. The lowest BCUT2D eigenvalue weighted by molar-refractivity contribution is 0.228. The number of hydrogen-bond acceptors (Lipinski definition) is 4. The number of rotatable bonds is 14. The third-order valence-corrected chi connectivity index (χ3v) is 5.19. The Morgan fingerprint density at radius 3 is 1.69 bits per heavy atom. The monoisotopic (exact) mass is 360 g/mol. The molecule has 146 valence electrons. The number of nitrogens with zero attached hydrogens (tertiary/aromatic N) is 2. The van der Waals surface area contributed by atoms with Gasteiger partial charge in [-0.2, -0.15) is 0 Å². The van der Waals surface area contributed by atoms with E-state index in [0.29, 0.717) is 12.2 Å². The van der Waals surface area contributed by atoms with Crippen LogP contribution in [0.3, 0.4) is 0 Å². The van der Waals surface area contributed by atoms with Gasteiger partial charge in [0.1, 0.15) is 0 Å². The Morgan fingerprint density at radius 1 is 0.846 bits per heavy atom. The Hall–Kier alpha value is -0.940. The van der Waals surface area contributed by atoms with E-state index in [1.54, 1.807) is 0 Å². The molecule has 2 aliphatic rings. The molecule has 2 fully saturated rings. The van der Waals surface area contributed by atoms with Gasteiger partial charge in [0.25, 0.3) is 0 Å². The number of unbranched alkanes of at least 4 members (excludes halogenated alkanes) is 2. The number of epoxide rings is 2. The maximum Gasteiger partial charge on any atom is 0.0936 e. The predicted molar refractivity (Wildman–Crippen MR) is 106 cm³/mol. The van der Waals surface area contributed by atoms with Gasteiger partial charge in [0.05, 0.1) is 25.4 Å². The van der Waals surface area contributed by atoms with Crippen LogP contribution >= 0.6 is 0 Å². The van der Waals surface area contributed by atoms with Gasteiger partial charge in [0.2, 0.25) is 0 Å². The highest BCUT2D eigenvalue weighted by Gasteiger charge is 2.26. The Labute approximate surface area is 159 Å². The molecule has 0 saturated carbocycles. The van der Waals surface area contributed by atoms with E-state index < -0.39 is 0 Å². The fourth-order valence-corrected chi connectivity index (χ4v) is 3.50. The van der Waals surface area contributed by atoms with Gasteiger partial charge in [-0.15, -0.1) is 0 Å². The van der Waals surface area contributed by atoms with Crippen LogP contribution in [0.1, 0.15) is 50.7 Å². The first-order valence-corrected chi connectivity index (χ1v) is 10.5. The van der Waals surface area contributed by atoms with E-state index >= 15 is 0 Å². The minimum Gasteiger partial charge on any atom is -0.372 e. The van der Waals surface area contributed by atoms with Crippen molar-refractivity contribution in [1.29, 1.82) is 0 Å². The average Bonchev–Trinajstić information content (AvgIpc) is 3.54. The van der Waals surface area contributed by atoms with Gasteiger partial charge in [0.15, 0.2) is 0 Å². The van der Waals surface area contributed by atoms with E-state index in [9.17, 15) is 0 Å². The second kappa shape index (κ2) is 10.4. The number of ether oxygens (including phenoxy) is 2. The summed E-state index contributed by atoms with van der Waals surface area (Å²) in [4.78, 5) is 5.13. The molecule has 2 atom stereocenters. The summed E-state index contributed by atoms with van der Waals surface area (Å²) in [6.07, 6.45) is 5.96. The predicted octanol–water partition coefficient (Wildman–Crippen LogP) is 3.69. The Kier molecular flexibility index (Phi) is 7.93. The second-order valence-corrected chi connectivity index (χ2v) is 7.91. The molecule has 2 heterocycles. The Morgan fingerprint density at radius 2 is 1.31 bits per heavy atom. The van der Waals surface area contributed by atoms with Crippen molar-refractivity contribution in [2.45, 2.75) is 64.8 Å². The van der Waals surface area contributed by atoms with E-state index in [1.807, 2.05) is 0 Å². The molecule has 26 heavy (non-hydrogen) atoms. The van der Waals surface area contributed by atoms with Crippen molar-refractivity contribution in [3.8, 4) is 0 Å². The van der Waals surface area contributed by atoms with Crippen LogP contribution in [0, 0.1) is 0 Å². The summed E-state index contributed by atoms with van der Waals surface area (Å²) in [5.41, 5.74) is 2.86. The third kappa shape index (κ3) is 7.36. The van der Waals surface area contributed by atoms with Crippen molar-refractivity contribution in [3.05, 3.63) is 35.4 Å². The zero-order valence-electron chi connectivity index (χ0n) is 16.7. The molecule has 3 rings (SSSR count). The highest BCUT2D eigenvalue weighted by atomic mass is 16.6. The van der Waals surface area contributed by atoms with Crippen LogP contribution in [0.4, 0.5) is 0 Å². The fourth-order valence-electron chi connectivity index (χ4n) is 3.50. The topological polar surface area (TPSA) is 31.5 Å². The van der Waals surface area contributed by atoms with Crippen LogP contribution in [0.2, 0.25) is 0 Å². The van der Waals surface area contributed by atoms with Gasteiger partial charge >= 0.3 is 0 Å². The SMILES string of the molecule is CCCCN(Cc1cccc(CN(CCCC)CC2CO2)c1)CC1CO1. The summed E-state index contributed by atoms with van der Waals surface area (Å²) < 4.78 is 10.9. The maximum atomic E-state index is 5.45. The lowest BCUT2D eigenvalue weighted by Crippen LogP contribution is -2.29.